The van der Waals surface area contributed by atoms with Crippen LogP contribution in [0.25, 0.3) is 0 Å². The van der Waals surface area contributed by atoms with Crippen molar-refractivity contribution in [3.63, 3.8) is 0 Å². The summed E-state index contributed by atoms with van der Waals surface area (Å²) in [5.41, 5.74) is -1.06. The summed E-state index contributed by atoms with van der Waals surface area (Å²) >= 11 is 0. The number of hydrogen-bond donors (Lipinski definition) is 1. The number of rotatable bonds is 8. The fourth-order valence-corrected chi connectivity index (χ4v) is 1.19. The largest absolute Gasteiger partial charge is 0.508 e. The summed E-state index contributed by atoms with van der Waals surface area (Å²) in [6.45, 7) is 19.2. The Balaban J connectivity index is 5.26. The lowest BCUT2D eigenvalue weighted by Crippen LogP contribution is -1.91. The van der Waals surface area contributed by atoms with Gasteiger partial charge in [0.25, 0.3) is 0 Å². The van der Waals surface area contributed by atoms with Crippen LogP contribution in [0.3, 0.4) is 0 Å². The molecule has 0 aliphatic rings. The molecule has 0 amide bonds. The van der Waals surface area contributed by atoms with E-state index in [0.717, 1.165) is 6.08 Å². The van der Waals surface area contributed by atoms with Gasteiger partial charge in [0.2, 0.25) is 0 Å². The van der Waals surface area contributed by atoms with Crippen LogP contribution in [0.5, 0.6) is 0 Å². The van der Waals surface area contributed by atoms with Crippen molar-refractivity contribution in [2.75, 3.05) is 0 Å². The first kappa shape index (κ1) is 20.2. The highest BCUT2D eigenvalue weighted by Gasteiger charge is 2.11. The Bertz CT molecular complexity index is 688. The summed E-state index contributed by atoms with van der Waals surface area (Å²) in [6, 6.07) is 0. The van der Waals surface area contributed by atoms with Crippen LogP contribution in [0.1, 0.15) is 0 Å². The minimum atomic E-state index is -1.34. The molecule has 0 aliphatic heterocycles. The van der Waals surface area contributed by atoms with Crippen molar-refractivity contribution in [1.82, 2.24) is 0 Å². The van der Waals surface area contributed by atoms with Gasteiger partial charge >= 0.3 is 0 Å². The third-order valence-electron chi connectivity index (χ3n) is 2.51. The zero-order valence-electron chi connectivity index (χ0n) is 12.4. The standard InChI is InChI=1S/C18H16F4O/c1-10(14(5)17(21)9-12(3)23)7-16(20)13(4)11(2)8-18(22)15(6)19/h7-9,23H,1-6H2/b16-7+,17-9+,18-8+. The molecule has 0 heterocycles. The van der Waals surface area contributed by atoms with E-state index in [2.05, 4.69) is 39.5 Å². The van der Waals surface area contributed by atoms with Gasteiger partial charge in [0.1, 0.15) is 17.4 Å². The number of aliphatic hydroxyl groups excluding tert-OH is 1. The smallest absolute Gasteiger partial charge is 0.158 e. The number of halogens is 4. The van der Waals surface area contributed by atoms with E-state index in [9.17, 15) is 17.6 Å². The van der Waals surface area contributed by atoms with Crippen molar-refractivity contribution in [3.8, 4) is 0 Å². The second-order valence-electron chi connectivity index (χ2n) is 4.38. The molecule has 5 heteroatoms. The molecule has 0 rings (SSSR count). The maximum absolute atomic E-state index is 14.0. The van der Waals surface area contributed by atoms with Crippen molar-refractivity contribution in [1.29, 1.82) is 0 Å². The predicted molar refractivity (Wildman–Crippen MR) is 86.1 cm³/mol. The average molecular weight is 324 g/mol. The van der Waals surface area contributed by atoms with Crippen molar-refractivity contribution < 1.29 is 22.7 Å². The summed E-state index contributed by atoms with van der Waals surface area (Å²) in [6.07, 6.45) is 2.09. The van der Waals surface area contributed by atoms with Crippen molar-refractivity contribution >= 4 is 0 Å². The molecule has 0 saturated heterocycles. The fourth-order valence-electron chi connectivity index (χ4n) is 1.19. The third-order valence-corrected chi connectivity index (χ3v) is 2.51. The van der Waals surface area contributed by atoms with Gasteiger partial charge in [-0.2, -0.15) is 0 Å². The van der Waals surface area contributed by atoms with Crippen LogP contribution in [0.4, 0.5) is 17.6 Å². The highest BCUT2D eigenvalue weighted by Crippen LogP contribution is 2.26. The highest BCUT2D eigenvalue weighted by atomic mass is 19.2. The number of hydrogen-bond acceptors (Lipinski definition) is 1. The van der Waals surface area contributed by atoms with Gasteiger partial charge in [0.05, 0.1) is 0 Å². The lowest BCUT2D eigenvalue weighted by atomic mass is 10.0. The second-order valence-corrected chi connectivity index (χ2v) is 4.38. The summed E-state index contributed by atoms with van der Waals surface area (Å²) in [5.74, 6) is -5.16. The summed E-state index contributed by atoms with van der Waals surface area (Å²) in [5, 5.41) is 8.85. The maximum Gasteiger partial charge on any atom is 0.158 e. The van der Waals surface area contributed by atoms with E-state index >= 15 is 0 Å². The van der Waals surface area contributed by atoms with Crippen LogP contribution < -0.4 is 0 Å². The quantitative estimate of drug-likeness (QED) is 0.314. The summed E-state index contributed by atoms with van der Waals surface area (Å²) in [7, 11) is 0. The van der Waals surface area contributed by atoms with Gasteiger partial charge in [0.15, 0.2) is 11.7 Å². The molecule has 0 radical (unpaired) electrons. The molecule has 23 heavy (non-hydrogen) atoms. The molecule has 0 saturated carbocycles. The Morgan fingerprint density at radius 2 is 0.957 bits per heavy atom. The maximum atomic E-state index is 14.0. The van der Waals surface area contributed by atoms with Crippen LogP contribution in [-0.4, -0.2) is 5.11 Å². The first-order chi connectivity index (χ1) is 10.5. The van der Waals surface area contributed by atoms with E-state index in [1.807, 2.05) is 0 Å². The van der Waals surface area contributed by atoms with E-state index < -0.39 is 29.1 Å². The van der Waals surface area contributed by atoms with Gasteiger partial charge in [-0.3, -0.25) is 0 Å². The SMILES string of the molecule is C=C(O)/C=C(/F)C(=C)C(=C)/C=C(/F)C(=C)C(=C)/C=C(/F)C(=C)F. The topological polar surface area (TPSA) is 20.2 Å². The third kappa shape index (κ3) is 6.65. The predicted octanol–water partition coefficient (Wildman–Crippen LogP) is 6.33. The molecular formula is C18H16F4O. The molecular weight excluding hydrogens is 308 g/mol. The minimum Gasteiger partial charge on any atom is -0.508 e. The van der Waals surface area contributed by atoms with Gasteiger partial charge in [-0.25, -0.2) is 17.6 Å². The molecule has 122 valence electrons. The molecule has 0 unspecified atom stereocenters. The summed E-state index contributed by atoms with van der Waals surface area (Å²) < 4.78 is 53.1. The molecule has 0 fully saturated rings. The van der Waals surface area contributed by atoms with Crippen molar-refractivity contribution in [3.05, 3.63) is 109 Å². The molecule has 0 atom stereocenters. The molecule has 0 aliphatic carbocycles. The van der Waals surface area contributed by atoms with Crippen LogP contribution >= 0.6 is 0 Å². The first-order valence-corrected chi connectivity index (χ1v) is 6.08. The monoisotopic (exact) mass is 324 g/mol. The first-order valence-electron chi connectivity index (χ1n) is 6.08. The molecule has 0 spiro atoms. The lowest BCUT2D eigenvalue weighted by molar-refractivity contribution is 0.431. The Morgan fingerprint density at radius 3 is 1.30 bits per heavy atom. The molecule has 0 bridgehead atoms. The average Bonchev–Trinajstić information content (AvgIpc) is 2.44. The second kappa shape index (κ2) is 8.58. The van der Waals surface area contributed by atoms with Crippen LogP contribution in [0, 0.1) is 0 Å². The number of aliphatic hydroxyl groups is 1. The Labute approximate surface area is 132 Å². The van der Waals surface area contributed by atoms with E-state index in [-0.39, 0.29) is 22.3 Å². The molecule has 0 aromatic rings. The fraction of sp³-hybridized carbons (Fsp3) is 0. The van der Waals surface area contributed by atoms with Crippen LogP contribution in [0.15, 0.2) is 109 Å². The van der Waals surface area contributed by atoms with Crippen molar-refractivity contribution in [2.24, 2.45) is 0 Å². The van der Waals surface area contributed by atoms with E-state index in [1.165, 1.54) is 0 Å². The molecule has 0 aromatic carbocycles. The Morgan fingerprint density at radius 1 is 0.609 bits per heavy atom. The van der Waals surface area contributed by atoms with E-state index in [4.69, 9.17) is 5.11 Å². The van der Waals surface area contributed by atoms with Gasteiger partial charge < -0.3 is 5.11 Å². The normalized spacial score (nSPS) is 12.6. The minimum absolute atomic E-state index is 0.161. The zero-order valence-corrected chi connectivity index (χ0v) is 12.4. The van der Waals surface area contributed by atoms with Gasteiger partial charge in [-0.05, 0) is 23.3 Å². The zero-order chi connectivity index (χ0) is 18.3. The Kier molecular flexibility index (Phi) is 7.53. The molecule has 0 aromatic heterocycles. The number of allylic oxidation sites excluding steroid dienone is 11. The molecule has 1 nitrogen and oxygen atoms in total. The van der Waals surface area contributed by atoms with E-state index in [0.29, 0.717) is 12.2 Å². The van der Waals surface area contributed by atoms with Gasteiger partial charge in [-0.1, -0.05) is 39.5 Å². The van der Waals surface area contributed by atoms with Gasteiger partial charge in [-0.15, -0.1) is 0 Å². The Hall–Kier alpha value is -2.82. The lowest BCUT2D eigenvalue weighted by Gasteiger charge is -2.06. The van der Waals surface area contributed by atoms with Gasteiger partial charge in [0, 0.05) is 17.2 Å². The van der Waals surface area contributed by atoms with Crippen LogP contribution in [-0.2, 0) is 0 Å². The summed E-state index contributed by atoms with van der Waals surface area (Å²) in [4.78, 5) is 0. The van der Waals surface area contributed by atoms with E-state index in [1.54, 1.807) is 0 Å². The highest BCUT2D eigenvalue weighted by molar-refractivity contribution is 5.53. The molecule has 1 N–H and O–H groups in total. The van der Waals surface area contributed by atoms with Crippen molar-refractivity contribution in [2.45, 2.75) is 0 Å². The van der Waals surface area contributed by atoms with Crippen LogP contribution in [0.2, 0.25) is 0 Å².